The minimum Gasteiger partial charge on any atom is -0.383 e. The average molecular weight is 369 g/mol. The smallest absolute Gasteiger partial charge is 0.131 e. The zero-order valence-corrected chi connectivity index (χ0v) is 14.4. The predicted molar refractivity (Wildman–Crippen MR) is 91.7 cm³/mol. The molecular weight excluding hydrogens is 350 g/mol. The van der Waals surface area contributed by atoms with Crippen LogP contribution in [-0.4, -0.2) is 9.55 Å². The Bertz CT molecular complexity index is 660. The minimum atomic E-state index is 0.534. The highest BCUT2D eigenvalue weighted by atomic mass is 79.9. The van der Waals surface area contributed by atoms with Gasteiger partial charge >= 0.3 is 0 Å². The van der Waals surface area contributed by atoms with Crippen molar-refractivity contribution in [1.29, 1.82) is 0 Å². The Morgan fingerprint density at radius 3 is 2.76 bits per heavy atom. The number of rotatable bonds is 3. The molecule has 1 saturated carbocycles. The highest BCUT2D eigenvalue weighted by Crippen LogP contribution is 2.39. The first-order valence-corrected chi connectivity index (χ1v) is 8.60. The zero-order valence-electron chi connectivity index (χ0n) is 12.1. The van der Waals surface area contributed by atoms with Crippen LogP contribution in [0.3, 0.4) is 0 Å². The number of hydrogen-bond donors (Lipinski definition) is 1. The molecule has 112 valence electrons. The molecule has 1 aliphatic carbocycles. The van der Waals surface area contributed by atoms with Crippen LogP contribution >= 0.6 is 27.5 Å². The number of hydrogen-bond acceptors (Lipinski definition) is 2. The van der Waals surface area contributed by atoms with Crippen LogP contribution < -0.4 is 5.73 Å². The fourth-order valence-corrected chi connectivity index (χ4v) is 3.76. The molecular formula is C16H19BrClN3. The van der Waals surface area contributed by atoms with Crippen LogP contribution in [0.2, 0.25) is 5.02 Å². The lowest BCUT2D eigenvalue weighted by Gasteiger charge is -2.11. The van der Waals surface area contributed by atoms with Crippen molar-refractivity contribution in [2.24, 2.45) is 0 Å². The Labute approximate surface area is 138 Å². The number of anilines is 1. The Morgan fingerprint density at radius 1 is 1.38 bits per heavy atom. The molecule has 0 radical (unpaired) electrons. The van der Waals surface area contributed by atoms with Gasteiger partial charge in [0.1, 0.15) is 17.3 Å². The average Bonchev–Trinajstić information content (AvgIpc) is 3.09. The molecule has 2 aromatic rings. The van der Waals surface area contributed by atoms with E-state index in [1.165, 1.54) is 25.7 Å². The molecule has 0 aliphatic heterocycles. The summed E-state index contributed by atoms with van der Waals surface area (Å²) in [4.78, 5) is 4.87. The topological polar surface area (TPSA) is 43.8 Å². The van der Waals surface area contributed by atoms with Gasteiger partial charge in [-0.3, -0.25) is 0 Å². The van der Waals surface area contributed by atoms with Crippen molar-refractivity contribution in [2.45, 2.75) is 45.1 Å². The Balaban J connectivity index is 2.12. The summed E-state index contributed by atoms with van der Waals surface area (Å²) in [5, 5.41) is 0.684. The molecule has 1 heterocycles. The normalized spacial score (nSPS) is 15.8. The van der Waals surface area contributed by atoms with Gasteiger partial charge in [0, 0.05) is 22.5 Å². The van der Waals surface area contributed by atoms with Crippen LogP contribution in [-0.2, 0) is 6.54 Å². The van der Waals surface area contributed by atoms with Gasteiger partial charge in [-0.2, -0.15) is 0 Å². The quantitative estimate of drug-likeness (QED) is 0.806. The summed E-state index contributed by atoms with van der Waals surface area (Å²) in [6.07, 6.45) is 4.99. The Kier molecular flexibility index (Phi) is 4.27. The third-order valence-corrected chi connectivity index (χ3v) is 5.08. The van der Waals surface area contributed by atoms with Gasteiger partial charge in [0.05, 0.1) is 5.02 Å². The van der Waals surface area contributed by atoms with Crippen LogP contribution in [0.25, 0.3) is 11.3 Å². The first-order chi connectivity index (χ1) is 10.1. The monoisotopic (exact) mass is 367 g/mol. The third kappa shape index (κ3) is 2.71. The van der Waals surface area contributed by atoms with E-state index < -0.39 is 0 Å². The van der Waals surface area contributed by atoms with Gasteiger partial charge in [-0.05, 0) is 38.0 Å². The predicted octanol–water partition coefficient (Wildman–Crippen LogP) is 5.23. The molecule has 3 rings (SSSR count). The summed E-state index contributed by atoms with van der Waals surface area (Å²) in [7, 11) is 0. The molecule has 0 bridgehead atoms. The second-order valence-electron chi connectivity index (χ2n) is 5.55. The summed E-state index contributed by atoms with van der Waals surface area (Å²) in [6.45, 7) is 2.96. The largest absolute Gasteiger partial charge is 0.383 e. The van der Waals surface area contributed by atoms with Crippen molar-refractivity contribution in [3.05, 3.63) is 33.5 Å². The molecule has 0 spiro atoms. The highest BCUT2D eigenvalue weighted by Gasteiger charge is 2.25. The SMILES string of the molecule is CCn1c(C2CCCC2)nc(-c2cc(Br)ccc2Cl)c1N. The first-order valence-electron chi connectivity index (χ1n) is 7.43. The van der Waals surface area contributed by atoms with Crippen molar-refractivity contribution in [1.82, 2.24) is 9.55 Å². The van der Waals surface area contributed by atoms with Crippen LogP contribution in [0.15, 0.2) is 22.7 Å². The second-order valence-corrected chi connectivity index (χ2v) is 6.88. The molecule has 1 aromatic carbocycles. The van der Waals surface area contributed by atoms with Crippen molar-refractivity contribution in [2.75, 3.05) is 5.73 Å². The first kappa shape index (κ1) is 14.9. The standard InChI is InChI=1S/C16H19BrClN3/c1-2-21-15(19)14(12-9-11(17)7-8-13(12)18)20-16(21)10-5-3-4-6-10/h7-10H,2-6,19H2,1H3. The van der Waals surface area contributed by atoms with Gasteiger partial charge in [-0.1, -0.05) is 40.4 Å². The number of imidazole rings is 1. The molecule has 0 amide bonds. The second kappa shape index (κ2) is 6.01. The molecule has 1 aliphatic rings. The lowest BCUT2D eigenvalue weighted by molar-refractivity contribution is 0.604. The molecule has 5 heteroatoms. The van der Waals surface area contributed by atoms with Gasteiger partial charge in [0.15, 0.2) is 0 Å². The molecule has 21 heavy (non-hydrogen) atoms. The van der Waals surface area contributed by atoms with Gasteiger partial charge < -0.3 is 10.3 Å². The molecule has 1 fully saturated rings. The van der Waals surface area contributed by atoms with Crippen LogP contribution in [0, 0.1) is 0 Å². The number of nitrogens with two attached hydrogens (primary N) is 1. The van der Waals surface area contributed by atoms with Crippen molar-refractivity contribution < 1.29 is 0 Å². The molecule has 0 saturated heterocycles. The lowest BCUT2D eigenvalue weighted by atomic mass is 10.1. The van der Waals surface area contributed by atoms with E-state index in [2.05, 4.69) is 27.4 Å². The maximum Gasteiger partial charge on any atom is 0.131 e. The van der Waals surface area contributed by atoms with Crippen LogP contribution in [0.5, 0.6) is 0 Å². The van der Waals surface area contributed by atoms with Crippen molar-refractivity contribution in [3.8, 4) is 11.3 Å². The van der Waals surface area contributed by atoms with E-state index in [1.54, 1.807) is 0 Å². The van der Waals surface area contributed by atoms with Crippen LogP contribution in [0.1, 0.15) is 44.3 Å². The number of aromatic nitrogens is 2. The maximum absolute atomic E-state index is 6.36. The summed E-state index contributed by atoms with van der Waals surface area (Å²) in [5.74, 6) is 2.38. The van der Waals surface area contributed by atoms with Gasteiger partial charge in [-0.15, -0.1) is 0 Å². The van der Waals surface area contributed by atoms with E-state index in [-0.39, 0.29) is 0 Å². The molecule has 1 aromatic heterocycles. The number of halogens is 2. The van der Waals surface area contributed by atoms with Crippen molar-refractivity contribution >= 4 is 33.3 Å². The van der Waals surface area contributed by atoms with Gasteiger partial charge in [0.25, 0.3) is 0 Å². The molecule has 2 N–H and O–H groups in total. The van der Waals surface area contributed by atoms with E-state index in [1.807, 2.05) is 18.2 Å². The zero-order chi connectivity index (χ0) is 15.0. The molecule has 0 unspecified atom stereocenters. The van der Waals surface area contributed by atoms with E-state index in [0.717, 1.165) is 33.9 Å². The Morgan fingerprint density at radius 2 is 2.10 bits per heavy atom. The van der Waals surface area contributed by atoms with E-state index in [9.17, 15) is 0 Å². The number of nitrogen functional groups attached to an aromatic ring is 1. The van der Waals surface area contributed by atoms with E-state index in [0.29, 0.717) is 10.9 Å². The van der Waals surface area contributed by atoms with E-state index >= 15 is 0 Å². The van der Waals surface area contributed by atoms with Crippen LogP contribution in [0.4, 0.5) is 5.82 Å². The highest BCUT2D eigenvalue weighted by molar-refractivity contribution is 9.10. The van der Waals surface area contributed by atoms with Gasteiger partial charge in [0.2, 0.25) is 0 Å². The molecule has 0 atom stereocenters. The summed E-state index contributed by atoms with van der Waals surface area (Å²) in [6, 6.07) is 5.79. The van der Waals surface area contributed by atoms with Gasteiger partial charge in [-0.25, -0.2) is 4.98 Å². The van der Waals surface area contributed by atoms with E-state index in [4.69, 9.17) is 22.3 Å². The maximum atomic E-state index is 6.36. The summed E-state index contributed by atoms with van der Waals surface area (Å²) in [5.41, 5.74) is 8.07. The molecule has 3 nitrogen and oxygen atoms in total. The lowest BCUT2D eigenvalue weighted by Crippen LogP contribution is -2.08. The van der Waals surface area contributed by atoms with Crippen molar-refractivity contribution in [3.63, 3.8) is 0 Å². The number of nitrogens with zero attached hydrogens (tertiary/aromatic N) is 2. The summed E-state index contributed by atoms with van der Waals surface area (Å²) < 4.78 is 3.12. The minimum absolute atomic E-state index is 0.534. The Hall–Kier alpha value is -1.00. The fourth-order valence-electron chi connectivity index (χ4n) is 3.19. The number of benzene rings is 1. The summed E-state index contributed by atoms with van der Waals surface area (Å²) >= 11 is 9.83. The fraction of sp³-hybridized carbons (Fsp3) is 0.438. The third-order valence-electron chi connectivity index (χ3n) is 4.26.